The Labute approximate surface area is 175 Å². The lowest BCUT2D eigenvalue weighted by atomic mass is 9.52. The van der Waals surface area contributed by atoms with Crippen molar-refractivity contribution in [1.82, 2.24) is 9.88 Å². The number of esters is 1. The van der Waals surface area contributed by atoms with E-state index in [9.17, 15) is 9.59 Å². The highest BCUT2D eigenvalue weighted by molar-refractivity contribution is 7.18. The van der Waals surface area contributed by atoms with Crippen molar-refractivity contribution < 1.29 is 14.3 Å². The molecule has 0 spiro atoms. The van der Waals surface area contributed by atoms with Crippen LogP contribution in [-0.2, 0) is 14.3 Å². The molecule has 0 saturated heterocycles. The second-order valence-corrected chi connectivity index (χ2v) is 10.3. The van der Waals surface area contributed by atoms with Crippen molar-refractivity contribution in [2.45, 2.75) is 45.1 Å². The molecule has 4 saturated carbocycles. The molecule has 0 N–H and O–H groups in total. The maximum atomic E-state index is 12.8. The average Bonchev–Trinajstić information content (AvgIpc) is 3.14. The van der Waals surface area contributed by atoms with Crippen molar-refractivity contribution in [3.05, 3.63) is 29.3 Å². The second kappa shape index (κ2) is 7.38. The quantitative estimate of drug-likeness (QED) is 0.682. The van der Waals surface area contributed by atoms with E-state index in [0.717, 1.165) is 27.1 Å². The number of carbonyl (C=O) groups is 2. The van der Waals surface area contributed by atoms with Gasteiger partial charge < -0.3 is 9.64 Å². The zero-order valence-corrected chi connectivity index (χ0v) is 17.9. The molecule has 0 aliphatic heterocycles. The molecular weight excluding hydrogens is 384 g/mol. The van der Waals surface area contributed by atoms with Gasteiger partial charge in [0.15, 0.2) is 6.61 Å². The molecule has 5 nitrogen and oxygen atoms in total. The molecule has 4 fully saturated rings. The third-order valence-electron chi connectivity index (χ3n) is 7.48. The fourth-order valence-electron chi connectivity index (χ4n) is 6.09. The van der Waals surface area contributed by atoms with Gasteiger partial charge in [-0.3, -0.25) is 9.59 Å². The number of thiazole rings is 1. The highest BCUT2D eigenvalue weighted by Crippen LogP contribution is 2.56. The summed E-state index contributed by atoms with van der Waals surface area (Å²) in [6.07, 6.45) is 6.07. The lowest BCUT2D eigenvalue weighted by Crippen LogP contribution is -2.48. The van der Waals surface area contributed by atoms with E-state index in [1.807, 2.05) is 31.2 Å². The van der Waals surface area contributed by atoms with Crippen LogP contribution in [0, 0.1) is 29.6 Å². The van der Waals surface area contributed by atoms with E-state index >= 15 is 0 Å². The molecule has 154 valence electrons. The molecule has 1 amide bonds. The van der Waals surface area contributed by atoms with Crippen LogP contribution in [-0.4, -0.2) is 35.4 Å². The van der Waals surface area contributed by atoms with Crippen LogP contribution in [0.4, 0.5) is 0 Å². The summed E-state index contributed by atoms with van der Waals surface area (Å²) in [5.41, 5.74) is 0.952. The number of rotatable bonds is 5. The number of carbonyl (C=O) groups excluding carboxylic acids is 2. The standard InChI is InChI=1S/C23H28N2O3S/c1-13(22-24-18-5-3-4-6-19(18)29-22)25(2)20(26)12-28-23(27)21-16-8-14-7-15(10-16)11-17(21)9-14/h3-6,13-17,21H,7-12H2,1-2H3/t13-,14?,15?,16?,17?,21?/m1/s1. The first kappa shape index (κ1) is 19.0. The maximum Gasteiger partial charge on any atom is 0.310 e. The van der Waals surface area contributed by atoms with Crippen LogP contribution in [0.3, 0.4) is 0 Å². The Morgan fingerprint density at radius 2 is 1.79 bits per heavy atom. The SMILES string of the molecule is C[C@H](c1nc2ccccc2s1)N(C)C(=O)COC(=O)C1C2CC3CC(C2)CC1C3. The minimum Gasteiger partial charge on any atom is -0.455 e. The van der Waals surface area contributed by atoms with Crippen molar-refractivity contribution in [3.63, 3.8) is 0 Å². The van der Waals surface area contributed by atoms with Crippen LogP contribution >= 0.6 is 11.3 Å². The lowest BCUT2D eigenvalue weighted by molar-refractivity contribution is -0.166. The Balaban J connectivity index is 1.19. The normalized spacial score (nSPS) is 31.0. The molecule has 0 radical (unpaired) electrons. The summed E-state index contributed by atoms with van der Waals surface area (Å²) in [7, 11) is 1.76. The Hall–Kier alpha value is -1.95. The second-order valence-electron chi connectivity index (χ2n) is 9.26. The molecule has 2 aromatic rings. The van der Waals surface area contributed by atoms with E-state index in [2.05, 4.69) is 4.98 Å². The summed E-state index contributed by atoms with van der Waals surface area (Å²) >= 11 is 1.60. The molecule has 4 aliphatic rings. The molecule has 6 heteroatoms. The Morgan fingerprint density at radius 1 is 1.14 bits per heavy atom. The van der Waals surface area contributed by atoms with Crippen LogP contribution in [0.2, 0.25) is 0 Å². The molecule has 1 atom stereocenters. The molecule has 1 heterocycles. The highest BCUT2D eigenvalue weighted by Gasteiger charge is 2.51. The zero-order chi connectivity index (χ0) is 20.1. The van der Waals surface area contributed by atoms with Crippen LogP contribution in [0.5, 0.6) is 0 Å². The first-order chi connectivity index (χ1) is 14.0. The first-order valence-corrected chi connectivity index (χ1v) is 11.6. The number of benzene rings is 1. The van der Waals surface area contributed by atoms with Gasteiger partial charge in [-0.25, -0.2) is 4.98 Å². The van der Waals surface area contributed by atoms with Gasteiger partial charge in [-0.2, -0.15) is 0 Å². The van der Waals surface area contributed by atoms with Crippen molar-refractivity contribution in [2.24, 2.45) is 29.6 Å². The molecule has 29 heavy (non-hydrogen) atoms. The summed E-state index contributed by atoms with van der Waals surface area (Å²) in [4.78, 5) is 31.8. The van der Waals surface area contributed by atoms with Crippen LogP contribution < -0.4 is 0 Å². The van der Waals surface area contributed by atoms with E-state index in [4.69, 9.17) is 4.74 Å². The van der Waals surface area contributed by atoms with Gasteiger partial charge >= 0.3 is 5.97 Å². The van der Waals surface area contributed by atoms with Crippen molar-refractivity contribution in [2.75, 3.05) is 13.7 Å². The van der Waals surface area contributed by atoms with Crippen LogP contribution in [0.1, 0.15) is 50.1 Å². The van der Waals surface area contributed by atoms with E-state index < -0.39 is 0 Å². The van der Waals surface area contributed by atoms with Gasteiger partial charge in [-0.15, -0.1) is 11.3 Å². The fourth-order valence-corrected chi connectivity index (χ4v) is 7.15. The van der Waals surface area contributed by atoms with Crippen molar-refractivity contribution in [3.8, 4) is 0 Å². The molecule has 1 aromatic carbocycles. The van der Waals surface area contributed by atoms with Gasteiger partial charge in [0.2, 0.25) is 0 Å². The van der Waals surface area contributed by atoms with Gasteiger partial charge in [-0.05, 0) is 74.8 Å². The Bertz CT molecular complexity index is 878. The summed E-state index contributed by atoms with van der Waals surface area (Å²) in [6.45, 7) is 1.79. The number of likely N-dealkylation sites (N-methyl/N-ethyl adjacent to an activating group) is 1. The number of nitrogens with zero attached hydrogens (tertiary/aromatic N) is 2. The van der Waals surface area contributed by atoms with Crippen molar-refractivity contribution >= 4 is 33.4 Å². The Kier molecular flexibility index (Phi) is 4.85. The van der Waals surface area contributed by atoms with E-state index in [-0.39, 0.29) is 30.4 Å². The predicted octanol–water partition coefficient (Wildman–Crippen LogP) is 4.43. The topological polar surface area (TPSA) is 59.5 Å². The molecule has 4 bridgehead atoms. The summed E-state index contributed by atoms with van der Waals surface area (Å²) in [5.74, 6) is 2.30. The highest BCUT2D eigenvalue weighted by atomic mass is 32.1. The minimum absolute atomic E-state index is 0.0163. The number of fused-ring (bicyclic) bond motifs is 1. The van der Waals surface area contributed by atoms with Gasteiger partial charge in [0.1, 0.15) is 5.01 Å². The van der Waals surface area contributed by atoms with Gasteiger partial charge in [0.25, 0.3) is 5.91 Å². The third-order valence-corrected chi connectivity index (χ3v) is 8.69. The van der Waals surface area contributed by atoms with Gasteiger partial charge in [0, 0.05) is 7.05 Å². The maximum absolute atomic E-state index is 12.8. The fraction of sp³-hybridized carbons (Fsp3) is 0.609. The largest absolute Gasteiger partial charge is 0.455 e. The zero-order valence-electron chi connectivity index (χ0n) is 17.0. The third kappa shape index (κ3) is 3.45. The van der Waals surface area contributed by atoms with Crippen LogP contribution in [0.25, 0.3) is 10.2 Å². The van der Waals surface area contributed by atoms with Crippen molar-refractivity contribution in [1.29, 1.82) is 0 Å². The van der Waals surface area contributed by atoms with E-state index in [1.165, 1.54) is 32.1 Å². The van der Waals surface area contributed by atoms with E-state index in [1.54, 1.807) is 23.3 Å². The lowest BCUT2D eigenvalue weighted by Gasteiger charge is -2.53. The average molecular weight is 413 g/mol. The van der Waals surface area contributed by atoms with Crippen LogP contribution in [0.15, 0.2) is 24.3 Å². The molecule has 4 aliphatic carbocycles. The number of para-hydroxylation sites is 1. The number of hydrogen-bond donors (Lipinski definition) is 0. The van der Waals surface area contributed by atoms with E-state index in [0.29, 0.717) is 11.8 Å². The number of aromatic nitrogens is 1. The number of ether oxygens (including phenoxy) is 1. The molecule has 0 unspecified atom stereocenters. The number of hydrogen-bond acceptors (Lipinski definition) is 5. The smallest absolute Gasteiger partial charge is 0.310 e. The minimum atomic E-state index is -0.173. The van der Waals surface area contributed by atoms with Gasteiger partial charge in [-0.1, -0.05) is 12.1 Å². The molecule has 6 rings (SSSR count). The number of amides is 1. The first-order valence-electron chi connectivity index (χ1n) is 10.8. The summed E-state index contributed by atoms with van der Waals surface area (Å²) in [6, 6.07) is 7.83. The summed E-state index contributed by atoms with van der Waals surface area (Å²) in [5, 5.41) is 0.898. The van der Waals surface area contributed by atoms with Gasteiger partial charge in [0.05, 0.1) is 22.2 Å². The molecule has 1 aromatic heterocycles. The summed E-state index contributed by atoms with van der Waals surface area (Å²) < 4.78 is 6.66. The predicted molar refractivity (Wildman–Crippen MR) is 112 cm³/mol. The molecular formula is C23H28N2O3S. The monoisotopic (exact) mass is 412 g/mol. The Morgan fingerprint density at radius 3 is 2.45 bits per heavy atom.